The predicted octanol–water partition coefficient (Wildman–Crippen LogP) is 4.26. The van der Waals surface area contributed by atoms with Gasteiger partial charge in [0.25, 0.3) is 0 Å². The third-order valence-electron chi connectivity index (χ3n) is 3.52. The van der Waals surface area contributed by atoms with Crippen LogP contribution in [0.1, 0.15) is 5.56 Å². The summed E-state index contributed by atoms with van der Waals surface area (Å²) in [7, 11) is 0.843. The van der Waals surface area contributed by atoms with Crippen LogP contribution in [0.15, 0.2) is 84.9 Å². The van der Waals surface area contributed by atoms with E-state index in [2.05, 4.69) is 48.5 Å². The number of hydrogen-bond acceptors (Lipinski definition) is 2. The average Bonchev–Trinajstić information content (AvgIpc) is 2.64. The van der Waals surface area contributed by atoms with Gasteiger partial charge in [-0.05, 0) is 6.07 Å². The van der Waals surface area contributed by atoms with Crippen molar-refractivity contribution in [2.45, 2.75) is 6.61 Å². The van der Waals surface area contributed by atoms with Gasteiger partial charge in [-0.25, -0.2) is 0 Å². The van der Waals surface area contributed by atoms with Gasteiger partial charge in [0.1, 0.15) is 5.75 Å². The van der Waals surface area contributed by atoms with Crippen LogP contribution in [0.25, 0.3) is 0 Å². The van der Waals surface area contributed by atoms with Crippen LogP contribution in [0.5, 0.6) is 5.75 Å². The maximum Gasteiger partial charge on any atom is 0.124 e. The van der Waals surface area contributed by atoms with Crippen LogP contribution in [-0.4, -0.2) is 7.11 Å². The molecule has 3 aromatic carbocycles. The molecule has 0 heterocycles. The Morgan fingerprint density at radius 2 is 1.22 bits per heavy atom. The molecule has 0 N–H and O–H groups in total. The predicted molar refractivity (Wildman–Crippen MR) is 96.9 cm³/mol. The minimum absolute atomic E-state index is 0.527. The SMILES string of the molecule is COc1ccccc1COP(c1ccccc1)c1ccccc1. The topological polar surface area (TPSA) is 18.5 Å². The van der Waals surface area contributed by atoms with Gasteiger partial charge in [-0.3, -0.25) is 0 Å². The van der Waals surface area contributed by atoms with Gasteiger partial charge in [-0.1, -0.05) is 78.9 Å². The first-order chi connectivity index (χ1) is 11.4. The highest BCUT2D eigenvalue weighted by Gasteiger charge is 2.15. The van der Waals surface area contributed by atoms with Crippen molar-refractivity contribution in [3.8, 4) is 5.75 Å². The van der Waals surface area contributed by atoms with Crippen molar-refractivity contribution in [2.75, 3.05) is 7.11 Å². The molecule has 0 aliphatic heterocycles. The van der Waals surface area contributed by atoms with Crippen LogP contribution in [0.4, 0.5) is 0 Å². The van der Waals surface area contributed by atoms with Crippen LogP contribution >= 0.6 is 8.15 Å². The Hall–Kier alpha value is -2.15. The van der Waals surface area contributed by atoms with E-state index < -0.39 is 8.15 Å². The van der Waals surface area contributed by atoms with Crippen molar-refractivity contribution in [2.24, 2.45) is 0 Å². The number of para-hydroxylation sites is 1. The number of ether oxygens (including phenoxy) is 1. The van der Waals surface area contributed by atoms with Crippen LogP contribution in [0.3, 0.4) is 0 Å². The fourth-order valence-electron chi connectivity index (χ4n) is 2.38. The normalized spacial score (nSPS) is 10.7. The molecule has 3 rings (SSSR count). The number of benzene rings is 3. The molecule has 0 atom stereocenters. The highest BCUT2D eigenvalue weighted by Crippen LogP contribution is 2.36. The molecule has 0 aliphatic carbocycles. The summed E-state index contributed by atoms with van der Waals surface area (Å²) >= 11 is 0. The lowest BCUT2D eigenvalue weighted by Crippen LogP contribution is -2.13. The Balaban J connectivity index is 1.85. The van der Waals surface area contributed by atoms with E-state index in [0.717, 1.165) is 11.3 Å². The molecule has 0 spiro atoms. The first-order valence-electron chi connectivity index (χ1n) is 7.53. The Morgan fingerprint density at radius 1 is 0.696 bits per heavy atom. The highest BCUT2D eigenvalue weighted by molar-refractivity contribution is 7.68. The summed E-state index contributed by atoms with van der Waals surface area (Å²) in [6.07, 6.45) is 0. The Kier molecular flexibility index (Phi) is 5.42. The van der Waals surface area contributed by atoms with Gasteiger partial charge >= 0.3 is 0 Å². The number of hydrogen-bond donors (Lipinski definition) is 0. The molecular weight excluding hydrogens is 303 g/mol. The summed E-state index contributed by atoms with van der Waals surface area (Å²) in [5, 5.41) is 2.42. The largest absolute Gasteiger partial charge is 0.496 e. The van der Waals surface area contributed by atoms with Gasteiger partial charge in [-0.15, -0.1) is 0 Å². The minimum atomic E-state index is -0.848. The smallest absolute Gasteiger partial charge is 0.124 e. The van der Waals surface area contributed by atoms with Gasteiger partial charge in [-0.2, -0.15) is 0 Å². The molecule has 116 valence electrons. The molecule has 0 aliphatic rings. The van der Waals surface area contributed by atoms with Crippen molar-refractivity contribution >= 4 is 18.8 Å². The van der Waals surface area contributed by atoms with E-state index in [4.69, 9.17) is 9.26 Å². The van der Waals surface area contributed by atoms with Crippen molar-refractivity contribution in [3.05, 3.63) is 90.5 Å². The summed E-state index contributed by atoms with van der Waals surface area (Å²) in [5.41, 5.74) is 1.06. The summed E-state index contributed by atoms with van der Waals surface area (Å²) in [4.78, 5) is 0. The summed E-state index contributed by atoms with van der Waals surface area (Å²) in [5.74, 6) is 0.864. The van der Waals surface area contributed by atoms with Crippen LogP contribution in [0, 0.1) is 0 Å². The van der Waals surface area contributed by atoms with E-state index in [1.165, 1.54) is 10.6 Å². The van der Waals surface area contributed by atoms with Gasteiger partial charge in [0.05, 0.1) is 21.9 Å². The highest BCUT2D eigenvalue weighted by atomic mass is 31.1. The summed E-state index contributed by atoms with van der Waals surface area (Å²) in [6, 6.07) is 28.8. The Labute approximate surface area is 138 Å². The van der Waals surface area contributed by atoms with E-state index in [1.807, 2.05) is 36.4 Å². The lowest BCUT2D eigenvalue weighted by Gasteiger charge is -2.19. The molecule has 0 saturated heterocycles. The lowest BCUT2D eigenvalue weighted by molar-refractivity contribution is 0.333. The molecular formula is C20H19O2P. The van der Waals surface area contributed by atoms with Crippen LogP contribution < -0.4 is 15.3 Å². The van der Waals surface area contributed by atoms with Gasteiger partial charge < -0.3 is 9.26 Å². The molecule has 0 radical (unpaired) electrons. The number of rotatable bonds is 6. The van der Waals surface area contributed by atoms with Crippen molar-refractivity contribution < 1.29 is 9.26 Å². The molecule has 0 unspecified atom stereocenters. The monoisotopic (exact) mass is 322 g/mol. The van der Waals surface area contributed by atoms with Gasteiger partial charge in [0, 0.05) is 16.2 Å². The van der Waals surface area contributed by atoms with Crippen molar-refractivity contribution in [1.82, 2.24) is 0 Å². The minimum Gasteiger partial charge on any atom is -0.496 e. The van der Waals surface area contributed by atoms with E-state index in [0.29, 0.717) is 6.61 Å². The quantitative estimate of drug-likeness (QED) is 0.631. The third kappa shape index (κ3) is 3.98. The second-order valence-electron chi connectivity index (χ2n) is 5.05. The number of methoxy groups -OCH3 is 1. The summed E-state index contributed by atoms with van der Waals surface area (Å²) in [6.45, 7) is 0.527. The van der Waals surface area contributed by atoms with E-state index in [1.54, 1.807) is 7.11 Å². The molecule has 0 bridgehead atoms. The Morgan fingerprint density at radius 3 is 1.78 bits per heavy atom. The second kappa shape index (κ2) is 7.92. The zero-order chi connectivity index (χ0) is 15.9. The summed E-state index contributed by atoms with van der Waals surface area (Å²) < 4.78 is 11.7. The molecule has 0 saturated carbocycles. The average molecular weight is 322 g/mol. The molecule has 3 heteroatoms. The van der Waals surface area contributed by atoms with Crippen LogP contribution in [-0.2, 0) is 11.1 Å². The third-order valence-corrected chi connectivity index (χ3v) is 5.44. The standard InChI is InChI=1S/C20H19O2P/c1-21-20-15-9-8-10-17(20)16-22-23(18-11-4-2-5-12-18)19-13-6-3-7-14-19/h2-15H,16H2,1H3. The second-order valence-corrected chi connectivity index (χ2v) is 6.93. The first-order valence-corrected chi connectivity index (χ1v) is 8.79. The van der Waals surface area contributed by atoms with E-state index in [-0.39, 0.29) is 0 Å². The molecule has 3 aromatic rings. The van der Waals surface area contributed by atoms with Crippen molar-refractivity contribution in [1.29, 1.82) is 0 Å². The molecule has 0 amide bonds. The molecule has 0 fully saturated rings. The molecule has 2 nitrogen and oxygen atoms in total. The van der Waals surface area contributed by atoms with Crippen LogP contribution in [0.2, 0.25) is 0 Å². The lowest BCUT2D eigenvalue weighted by atomic mass is 10.2. The molecule has 0 aromatic heterocycles. The van der Waals surface area contributed by atoms with Gasteiger partial charge in [0.2, 0.25) is 0 Å². The zero-order valence-corrected chi connectivity index (χ0v) is 13.9. The zero-order valence-electron chi connectivity index (χ0n) is 13.1. The maximum absolute atomic E-state index is 6.33. The Bertz CT molecular complexity index is 689. The molecule has 23 heavy (non-hydrogen) atoms. The first kappa shape index (κ1) is 15.7. The fraction of sp³-hybridized carbons (Fsp3) is 0.100. The fourth-order valence-corrected chi connectivity index (χ4v) is 4.13. The van der Waals surface area contributed by atoms with Gasteiger partial charge in [0.15, 0.2) is 0 Å². The van der Waals surface area contributed by atoms with Crippen molar-refractivity contribution in [3.63, 3.8) is 0 Å². The maximum atomic E-state index is 6.33. The van der Waals surface area contributed by atoms with E-state index in [9.17, 15) is 0 Å². The van der Waals surface area contributed by atoms with E-state index >= 15 is 0 Å².